The molecule has 0 aromatic heterocycles. The van der Waals surface area contributed by atoms with Crippen molar-refractivity contribution in [3.63, 3.8) is 0 Å². The van der Waals surface area contributed by atoms with Crippen molar-refractivity contribution in [3.8, 4) is 0 Å². The minimum absolute atomic E-state index is 0. The summed E-state index contributed by atoms with van der Waals surface area (Å²) in [6.45, 7) is 8.00. The van der Waals surface area contributed by atoms with E-state index in [1.807, 2.05) is 6.92 Å². The van der Waals surface area contributed by atoms with Crippen LogP contribution in [0.2, 0.25) is 0 Å². The van der Waals surface area contributed by atoms with Gasteiger partial charge in [0.2, 0.25) is 0 Å². The maximum Gasteiger partial charge on any atom is 0.315 e. The highest BCUT2D eigenvalue weighted by atomic mass is 79.9. The molecule has 0 saturated carbocycles. The Bertz CT molecular complexity index is 493. The highest BCUT2D eigenvalue weighted by Gasteiger charge is 2.56. The molecule has 116 valence electrons. The molecule has 0 spiro atoms. The molecule has 2 heterocycles. The molecule has 2 fully saturated rings. The first kappa shape index (κ1) is 16.5. The zero-order valence-corrected chi connectivity index (χ0v) is 14.4. The third-order valence-corrected chi connectivity index (χ3v) is 5.37. The lowest BCUT2D eigenvalue weighted by molar-refractivity contribution is -0.938. The molecular formula is C17H24BrNO2. The number of piperidine rings is 1. The van der Waals surface area contributed by atoms with Gasteiger partial charge in [-0.1, -0.05) is 30.3 Å². The van der Waals surface area contributed by atoms with Crippen LogP contribution in [0.4, 0.5) is 0 Å². The number of ether oxygens (including phenoxy) is 1. The number of carbonyl (C=O) groups is 1. The van der Waals surface area contributed by atoms with E-state index in [0.29, 0.717) is 18.6 Å². The number of carbonyl (C=O) groups excluding carboxylic acids is 1. The molecule has 2 aliphatic rings. The molecule has 4 atom stereocenters. The number of hydrogen-bond donors (Lipinski definition) is 0. The minimum atomic E-state index is 0. The Balaban J connectivity index is 0.00000161. The number of nitrogens with zero attached hydrogens (tertiary/aromatic N) is 1. The fourth-order valence-corrected chi connectivity index (χ4v) is 4.18. The Morgan fingerprint density at radius 1 is 1.33 bits per heavy atom. The topological polar surface area (TPSA) is 26.3 Å². The van der Waals surface area contributed by atoms with E-state index in [2.05, 4.69) is 37.3 Å². The minimum Gasteiger partial charge on any atom is -1.00 e. The van der Waals surface area contributed by atoms with Crippen LogP contribution in [0.1, 0.15) is 31.9 Å². The number of rotatable bonds is 4. The van der Waals surface area contributed by atoms with Crippen LogP contribution in [0.5, 0.6) is 0 Å². The monoisotopic (exact) mass is 353 g/mol. The molecule has 1 aromatic carbocycles. The first-order valence-corrected chi connectivity index (χ1v) is 7.73. The van der Waals surface area contributed by atoms with E-state index in [0.717, 1.165) is 17.6 Å². The summed E-state index contributed by atoms with van der Waals surface area (Å²) in [5.41, 5.74) is 1.39. The van der Waals surface area contributed by atoms with Crippen LogP contribution in [-0.4, -0.2) is 36.7 Å². The van der Waals surface area contributed by atoms with Gasteiger partial charge in [-0.3, -0.25) is 4.79 Å². The summed E-state index contributed by atoms with van der Waals surface area (Å²) in [5.74, 6) is 0.674. The molecule has 0 aliphatic carbocycles. The highest BCUT2D eigenvalue weighted by Crippen LogP contribution is 2.46. The zero-order chi connectivity index (χ0) is 14.2. The standard InChI is InChI=1S/C17H24NO2.BrH/c1-3-20-17(19)16-12-18(10-9-15(16)11-18)13(2)14-7-5-4-6-8-14;/h4-8,13,15-16H,3,9-12H2,1-2H3;1H/q+1;/p-1/t13-,15+,16-,18?;/m0./s1. The molecule has 2 bridgehead atoms. The number of hydrogen-bond acceptors (Lipinski definition) is 2. The summed E-state index contributed by atoms with van der Waals surface area (Å²) >= 11 is 0. The van der Waals surface area contributed by atoms with Gasteiger partial charge in [-0.2, -0.15) is 0 Å². The number of halogens is 1. The molecule has 1 aromatic rings. The summed E-state index contributed by atoms with van der Waals surface area (Å²) in [7, 11) is 0. The number of quaternary nitrogens is 1. The predicted molar refractivity (Wildman–Crippen MR) is 77.9 cm³/mol. The van der Waals surface area contributed by atoms with Crippen LogP contribution < -0.4 is 17.0 Å². The van der Waals surface area contributed by atoms with Crippen LogP contribution in [0.15, 0.2) is 30.3 Å². The van der Waals surface area contributed by atoms with E-state index in [4.69, 9.17) is 4.74 Å². The van der Waals surface area contributed by atoms with Crippen molar-refractivity contribution >= 4 is 5.97 Å². The van der Waals surface area contributed by atoms with Gasteiger partial charge in [-0.15, -0.1) is 0 Å². The quantitative estimate of drug-likeness (QED) is 0.552. The number of benzene rings is 1. The molecule has 0 N–H and O–H groups in total. The first-order chi connectivity index (χ1) is 9.66. The van der Waals surface area contributed by atoms with E-state index >= 15 is 0 Å². The third-order valence-electron chi connectivity index (χ3n) is 5.37. The van der Waals surface area contributed by atoms with Crippen molar-refractivity contribution in [2.45, 2.75) is 26.3 Å². The third kappa shape index (κ3) is 2.88. The summed E-state index contributed by atoms with van der Waals surface area (Å²) in [4.78, 5) is 12.1. The van der Waals surface area contributed by atoms with Gasteiger partial charge in [0.05, 0.1) is 26.2 Å². The van der Waals surface area contributed by atoms with Gasteiger partial charge in [0.25, 0.3) is 0 Å². The highest BCUT2D eigenvalue weighted by molar-refractivity contribution is 5.73. The Morgan fingerprint density at radius 3 is 2.71 bits per heavy atom. The molecule has 3 nitrogen and oxygen atoms in total. The fourth-order valence-electron chi connectivity index (χ4n) is 4.18. The van der Waals surface area contributed by atoms with Crippen molar-refractivity contribution in [1.82, 2.24) is 0 Å². The molecule has 2 saturated heterocycles. The van der Waals surface area contributed by atoms with Crippen LogP contribution in [-0.2, 0) is 9.53 Å². The number of esters is 1. The Kier molecular flexibility index (Phi) is 5.10. The summed E-state index contributed by atoms with van der Waals surface area (Å²) < 4.78 is 6.33. The second kappa shape index (κ2) is 6.49. The average Bonchev–Trinajstić information content (AvgIpc) is 3.07. The van der Waals surface area contributed by atoms with Crippen LogP contribution in [0.3, 0.4) is 0 Å². The molecule has 2 aliphatic heterocycles. The second-order valence-corrected chi connectivity index (χ2v) is 6.30. The van der Waals surface area contributed by atoms with E-state index < -0.39 is 0 Å². The van der Waals surface area contributed by atoms with Gasteiger partial charge in [-0.25, -0.2) is 0 Å². The largest absolute Gasteiger partial charge is 1.00 e. The van der Waals surface area contributed by atoms with Crippen molar-refractivity contribution in [1.29, 1.82) is 0 Å². The van der Waals surface area contributed by atoms with Gasteiger partial charge in [0.15, 0.2) is 0 Å². The molecule has 4 heteroatoms. The van der Waals surface area contributed by atoms with Gasteiger partial charge in [0, 0.05) is 17.9 Å². The lowest BCUT2D eigenvalue weighted by atomic mass is 9.92. The van der Waals surface area contributed by atoms with Crippen molar-refractivity contribution in [2.24, 2.45) is 11.8 Å². The number of fused-ring (bicyclic) bond motifs is 2. The molecule has 0 amide bonds. The summed E-state index contributed by atoms with van der Waals surface area (Å²) in [6.07, 6.45) is 1.17. The van der Waals surface area contributed by atoms with Gasteiger partial charge < -0.3 is 26.2 Å². The van der Waals surface area contributed by atoms with E-state index in [-0.39, 0.29) is 28.9 Å². The van der Waals surface area contributed by atoms with Crippen LogP contribution in [0, 0.1) is 11.8 Å². The second-order valence-electron chi connectivity index (χ2n) is 6.30. The smallest absolute Gasteiger partial charge is 0.315 e. The molecule has 0 radical (unpaired) electrons. The van der Waals surface area contributed by atoms with Gasteiger partial charge >= 0.3 is 5.97 Å². The Morgan fingerprint density at radius 2 is 2.05 bits per heavy atom. The van der Waals surface area contributed by atoms with E-state index in [1.54, 1.807) is 0 Å². The van der Waals surface area contributed by atoms with E-state index in [9.17, 15) is 4.79 Å². The summed E-state index contributed by atoms with van der Waals surface area (Å²) in [5, 5.41) is 0. The normalized spacial score (nSPS) is 31.5. The van der Waals surface area contributed by atoms with E-state index in [1.165, 1.54) is 18.5 Å². The Hall–Kier alpha value is -0.870. The maximum absolute atomic E-state index is 12.1. The summed E-state index contributed by atoms with van der Waals surface area (Å²) in [6, 6.07) is 11.2. The van der Waals surface area contributed by atoms with Crippen LogP contribution >= 0.6 is 0 Å². The zero-order valence-electron chi connectivity index (χ0n) is 12.8. The van der Waals surface area contributed by atoms with Gasteiger partial charge in [-0.05, 0) is 13.8 Å². The molecule has 3 rings (SSSR count). The lowest BCUT2D eigenvalue weighted by Gasteiger charge is -2.39. The molecule has 1 unspecified atom stereocenters. The average molecular weight is 354 g/mol. The molecule has 21 heavy (non-hydrogen) atoms. The Labute approximate surface area is 137 Å². The first-order valence-electron chi connectivity index (χ1n) is 7.73. The predicted octanol–water partition coefficient (Wildman–Crippen LogP) is -0.219. The fraction of sp³-hybridized carbons (Fsp3) is 0.588. The van der Waals surface area contributed by atoms with Gasteiger partial charge in [0.1, 0.15) is 12.0 Å². The van der Waals surface area contributed by atoms with Crippen molar-refractivity contribution in [2.75, 3.05) is 26.2 Å². The molecular weight excluding hydrogens is 330 g/mol. The maximum atomic E-state index is 12.1. The van der Waals surface area contributed by atoms with Crippen LogP contribution in [0.25, 0.3) is 0 Å². The van der Waals surface area contributed by atoms with Crippen molar-refractivity contribution in [3.05, 3.63) is 35.9 Å². The lowest BCUT2D eigenvalue weighted by Crippen LogP contribution is -3.00. The van der Waals surface area contributed by atoms with Crippen molar-refractivity contribution < 1.29 is 31.0 Å². The SMILES string of the molecule is CCOC(=O)[C@H]1C[N+]2([C@@H](C)c3ccccc3)CC[C@@H]1C2.[Br-].